The molecule has 0 saturated heterocycles. The molecule has 1 heterocycles. The highest BCUT2D eigenvalue weighted by atomic mass is 16.4. The van der Waals surface area contributed by atoms with E-state index in [1.54, 1.807) is 6.20 Å². The van der Waals surface area contributed by atoms with Crippen molar-refractivity contribution in [1.82, 2.24) is 4.98 Å². The van der Waals surface area contributed by atoms with Gasteiger partial charge in [-0.1, -0.05) is 0 Å². The van der Waals surface area contributed by atoms with Crippen LogP contribution in [0.4, 0.5) is 0 Å². The third-order valence-corrected chi connectivity index (χ3v) is 2.25. The standard InChI is InChI=1S/C9H9NO2/c11-9(12)8-5-10-4-6-2-1-3-7(6)8/h4-5H,1-3H2,(H,11,12). The fraction of sp³-hybridized carbons (Fsp3) is 0.333. The number of hydrogen-bond donors (Lipinski definition) is 1. The highest BCUT2D eigenvalue weighted by Gasteiger charge is 2.18. The Labute approximate surface area is 70.1 Å². The van der Waals surface area contributed by atoms with Crippen LogP contribution in [0.2, 0.25) is 0 Å². The molecule has 1 aromatic rings. The molecule has 0 amide bonds. The molecule has 0 bridgehead atoms. The summed E-state index contributed by atoms with van der Waals surface area (Å²) in [6, 6.07) is 0. The van der Waals surface area contributed by atoms with Gasteiger partial charge in [-0.2, -0.15) is 0 Å². The smallest absolute Gasteiger partial charge is 0.337 e. The Hall–Kier alpha value is -1.38. The average molecular weight is 163 g/mol. The van der Waals surface area contributed by atoms with Crippen LogP contribution in [0.5, 0.6) is 0 Å². The monoisotopic (exact) mass is 163 g/mol. The molecule has 12 heavy (non-hydrogen) atoms. The van der Waals surface area contributed by atoms with E-state index in [-0.39, 0.29) is 0 Å². The predicted molar refractivity (Wildman–Crippen MR) is 43.2 cm³/mol. The molecule has 0 spiro atoms. The number of pyridine rings is 1. The van der Waals surface area contributed by atoms with Gasteiger partial charge in [0.05, 0.1) is 5.56 Å². The Morgan fingerprint density at radius 3 is 3.00 bits per heavy atom. The first-order chi connectivity index (χ1) is 5.79. The maximum absolute atomic E-state index is 10.7. The summed E-state index contributed by atoms with van der Waals surface area (Å²) in [5.74, 6) is -0.860. The van der Waals surface area contributed by atoms with Gasteiger partial charge in [0.1, 0.15) is 0 Å². The minimum atomic E-state index is -0.860. The number of aryl methyl sites for hydroxylation is 1. The molecule has 1 N–H and O–H groups in total. The lowest BCUT2D eigenvalue weighted by atomic mass is 10.1. The number of rotatable bonds is 1. The van der Waals surface area contributed by atoms with Crippen molar-refractivity contribution in [2.24, 2.45) is 0 Å². The van der Waals surface area contributed by atoms with Gasteiger partial charge in [-0.15, -0.1) is 0 Å². The van der Waals surface area contributed by atoms with Gasteiger partial charge in [0.25, 0.3) is 0 Å². The summed E-state index contributed by atoms with van der Waals surface area (Å²) in [4.78, 5) is 14.6. The van der Waals surface area contributed by atoms with Crippen LogP contribution in [0, 0.1) is 0 Å². The molecule has 3 nitrogen and oxygen atoms in total. The van der Waals surface area contributed by atoms with E-state index < -0.39 is 5.97 Å². The molecule has 0 unspecified atom stereocenters. The first-order valence-corrected chi connectivity index (χ1v) is 3.98. The van der Waals surface area contributed by atoms with Crippen LogP contribution in [0.25, 0.3) is 0 Å². The molecule has 1 aromatic heterocycles. The molecular formula is C9H9NO2. The lowest BCUT2D eigenvalue weighted by molar-refractivity contribution is 0.0695. The summed E-state index contributed by atoms with van der Waals surface area (Å²) >= 11 is 0. The van der Waals surface area contributed by atoms with E-state index in [9.17, 15) is 4.79 Å². The van der Waals surface area contributed by atoms with Crippen molar-refractivity contribution in [3.63, 3.8) is 0 Å². The molecule has 1 aliphatic rings. The number of aromatic nitrogens is 1. The van der Waals surface area contributed by atoms with E-state index in [4.69, 9.17) is 5.11 Å². The number of carboxylic acids is 1. The van der Waals surface area contributed by atoms with E-state index in [1.807, 2.05) is 0 Å². The summed E-state index contributed by atoms with van der Waals surface area (Å²) in [6.45, 7) is 0. The Morgan fingerprint density at radius 2 is 2.25 bits per heavy atom. The Kier molecular flexibility index (Phi) is 1.57. The number of aromatic carboxylic acids is 1. The van der Waals surface area contributed by atoms with Crippen LogP contribution >= 0.6 is 0 Å². The second-order valence-electron chi connectivity index (χ2n) is 2.98. The maximum Gasteiger partial charge on any atom is 0.337 e. The van der Waals surface area contributed by atoms with Gasteiger partial charge >= 0.3 is 5.97 Å². The molecule has 0 saturated carbocycles. The van der Waals surface area contributed by atoms with Gasteiger partial charge < -0.3 is 5.11 Å². The Bertz CT molecular complexity index is 333. The van der Waals surface area contributed by atoms with Crippen molar-refractivity contribution in [3.05, 3.63) is 29.1 Å². The SMILES string of the molecule is O=C(O)c1cncc2c1CCC2. The zero-order valence-corrected chi connectivity index (χ0v) is 6.58. The second-order valence-corrected chi connectivity index (χ2v) is 2.98. The van der Waals surface area contributed by atoms with Crippen LogP contribution in [0.3, 0.4) is 0 Å². The summed E-state index contributed by atoms with van der Waals surface area (Å²) in [6.07, 6.45) is 6.13. The highest BCUT2D eigenvalue weighted by Crippen LogP contribution is 2.23. The number of hydrogen-bond acceptors (Lipinski definition) is 2. The van der Waals surface area contributed by atoms with Crippen molar-refractivity contribution in [2.75, 3.05) is 0 Å². The van der Waals surface area contributed by atoms with Crippen LogP contribution in [0.1, 0.15) is 27.9 Å². The third kappa shape index (κ3) is 0.978. The zero-order chi connectivity index (χ0) is 8.55. The van der Waals surface area contributed by atoms with E-state index in [0.29, 0.717) is 5.56 Å². The maximum atomic E-state index is 10.7. The summed E-state index contributed by atoms with van der Waals surface area (Å²) < 4.78 is 0. The van der Waals surface area contributed by atoms with Crippen LogP contribution < -0.4 is 0 Å². The van der Waals surface area contributed by atoms with Gasteiger partial charge in [0.15, 0.2) is 0 Å². The number of nitrogens with zero attached hydrogens (tertiary/aromatic N) is 1. The summed E-state index contributed by atoms with van der Waals surface area (Å²) in [5.41, 5.74) is 2.47. The van der Waals surface area contributed by atoms with Gasteiger partial charge in [-0.05, 0) is 30.4 Å². The van der Waals surface area contributed by atoms with E-state index in [2.05, 4.69) is 4.98 Å². The van der Waals surface area contributed by atoms with Crippen molar-refractivity contribution in [1.29, 1.82) is 0 Å². The fourth-order valence-corrected chi connectivity index (χ4v) is 1.68. The molecule has 1 aliphatic carbocycles. The quantitative estimate of drug-likeness (QED) is 0.678. The van der Waals surface area contributed by atoms with Gasteiger partial charge in [0, 0.05) is 12.4 Å². The molecular weight excluding hydrogens is 154 g/mol. The normalized spacial score (nSPS) is 14.3. The fourth-order valence-electron chi connectivity index (χ4n) is 1.68. The third-order valence-electron chi connectivity index (χ3n) is 2.25. The average Bonchev–Trinajstić information content (AvgIpc) is 2.49. The molecule has 3 heteroatoms. The Morgan fingerprint density at radius 1 is 1.42 bits per heavy atom. The lowest BCUT2D eigenvalue weighted by Gasteiger charge is -2.01. The van der Waals surface area contributed by atoms with Gasteiger partial charge in [-0.3, -0.25) is 4.98 Å². The lowest BCUT2D eigenvalue weighted by Crippen LogP contribution is -2.02. The van der Waals surface area contributed by atoms with E-state index >= 15 is 0 Å². The summed E-state index contributed by atoms with van der Waals surface area (Å²) in [5, 5.41) is 8.81. The predicted octanol–water partition coefficient (Wildman–Crippen LogP) is 1.27. The van der Waals surface area contributed by atoms with Crippen LogP contribution in [-0.2, 0) is 12.8 Å². The first kappa shape index (κ1) is 7.28. The largest absolute Gasteiger partial charge is 0.478 e. The van der Waals surface area contributed by atoms with Crippen molar-refractivity contribution >= 4 is 5.97 Å². The molecule has 2 rings (SSSR count). The number of carbonyl (C=O) groups is 1. The molecule has 62 valence electrons. The van der Waals surface area contributed by atoms with Gasteiger partial charge in [0.2, 0.25) is 0 Å². The van der Waals surface area contributed by atoms with E-state index in [0.717, 1.165) is 30.4 Å². The molecule has 0 radical (unpaired) electrons. The van der Waals surface area contributed by atoms with Gasteiger partial charge in [-0.25, -0.2) is 4.79 Å². The topological polar surface area (TPSA) is 50.2 Å². The number of fused-ring (bicyclic) bond motifs is 1. The van der Waals surface area contributed by atoms with Crippen molar-refractivity contribution in [2.45, 2.75) is 19.3 Å². The number of carboxylic acid groups (broad SMARTS) is 1. The molecule has 0 aliphatic heterocycles. The zero-order valence-electron chi connectivity index (χ0n) is 6.58. The molecule has 0 fully saturated rings. The molecule has 0 atom stereocenters. The van der Waals surface area contributed by atoms with Crippen LogP contribution in [0.15, 0.2) is 12.4 Å². The summed E-state index contributed by atoms with van der Waals surface area (Å²) in [7, 11) is 0. The Balaban J connectivity index is 2.56. The minimum absolute atomic E-state index is 0.380. The molecule has 0 aromatic carbocycles. The van der Waals surface area contributed by atoms with Crippen molar-refractivity contribution in [3.8, 4) is 0 Å². The highest BCUT2D eigenvalue weighted by molar-refractivity contribution is 5.89. The van der Waals surface area contributed by atoms with Crippen molar-refractivity contribution < 1.29 is 9.90 Å². The minimum Gasteiger partial charge on any atom is -0.478 e. The second kappa shape index (κ2) is 2.59. The van der Waals surface area contributed by atoms with E-state index in [1.165, 1.54) is 6.20 Å². The first-order valence-electron chi connectivity index (χ1n) is 3.98. The van der Waals surface area contributed by atoms with Crippen LogP contribution in [-0.4, -0.2) is 16.1 Å².